The van der Waals surface area contributed by atoms with Crippen molar-refractivity contribution in [2.45, 2.75) is 59.4 Å². The molecule has 38 heavy (non-hydrogen) atoms. The Morgan fingerprint density at radius 3 is 1.79 bits per heavy atom. The van der Waals surface area contributed by atoms with E-state index in [2.05, 4.69) is 21.2 Å². The molecule has 1 amide bonds. The van der Waals surface area contributed by atoms with Gasteiger partial charge in [-0.05, 0) is 24.3 Å². The first-order valence-corrected chi connectivity index (χ1v) is 12.0. The SMILES string of the molecule is CC(=O)O.CC(=O)OCCC(OC(C)=O)C(OC(C)=O)C(CNC(=O)COc1ccc(Br)cc1)OC(C)=O. The number of hydrogen-bond acceptors (Lipinski definition) is 11. The lowest BCUT2D eigenvalue weighted by Crippen LogP contribution is -2.50. The monoisotopic (exact) mass is 605 g/mol. The fraction of sp³-hybridized carbons (Fsp3) is 0.500. The molecule has 212 valence electrons. The van der Waals surface area contributed by atoms with Gasteiger partial charge in [-0.15, -0.1) is 0 Å². The molecule has 14 heteroatoms. The van der Waals surface area contributed by atoms with Gasteiger partial charge >= 0.3 is 23.9 Å². The molecule has 0 aromatic heterocycles. The quantitative estimate of drug-likeness (QED) is 0.246. The molecule has 0 saturated heterocycles. The van der Waals surface area contributed by atoms with E-state index < -0.39 is 54.1 Å². The van der Waals surface area contributed by atoms with Gasteiger partial charge in [0.25, 0.3) is 11.9 Å². The van der Waals surface area contributed by atoms with Gasteiger partial charge in [-0.1, -0.05) is 15.9 Å². The largest absolute Gasteiger partial charge is 0.484 e. The number of halogens is 1. The first-order valence-electron chi connectivity index (χ1n) is 11.2. The maximum absolute atomic E-state index is 12.3. The lowest BCUT2D eigenvalue weighted by Gasteiger charge is -2.32. The normalized spacial score (nSPS) is 12.3. The topological polar surface area (TPSA) is 181 Å². The average Bonchev–Trinajstić information content (AvgIpc) is 2.78. The number of ether oxygens (including phenoxy) is 5. The maximum Gasteiger partial charge on any atom is 0.303 e. The van der Waals surface area contributed by atoms with Crippen LogP contribution in [0.4, 0.5) is 0 Å². The van der Waals surface area contributed by atoms with Crippen LogP contribution in [0, 0.1) is 0 Å². The predicted octanol–water partition coefficient (Wildman–Crippen LogP) is 1.78. The van der Waals surface area contributed by atoms with Gasteiger partial charge in [0.2, 0.25) is 0 Å². The second-order valence-electron chi connectivity index (χ2n) is 7.56. The molecule has 1 rings (SSSR count). The first-order chi connectivity index (χ1) is 17.7. The van der Waals surface area contributed by atoms with E-state index in [1.807, 2.05) is 0 Å². The molecule has 3 atom stereocenters. The Labute approximate surface area is 228 Å². The van der Waals surface area contributed by atoms with E-state index in [1.165, 1.54) is 6.92 Å². The molecule has 0 fully saturated rings. The number of nitrogens with one attached hydrogen (secondary N) is 1. The molecular weight excluding hydrogens is 574 g/mol. The number of rotatable bonds is 13. The van der Waals surface area contributed by atoms with Crippen LogP contribution in [0.15, 0.2) is 28.7 Å². The molecule has 0 saturated carbocycles. The van der Waals surface area contributed by atoms with Crippen LogP contribution in [0.3, 0.4) is 0 Å². The van der Waals surface area contributed by atoms with Crippen molar-refractivity contribution in [3.05, 3.63) is 28.7 Å². The smallest absolute Gasteiger partial charge is 0.303 e. The fourth-order valence-electron chi connectivity index (χ4n) is 2.79. The number of benzene rings is 1. The van der Waals surface area contributed by atoms with Crippen molar-refractivity contribution < 1.29 is 57.6 Å². The van der Waals surface area contributed by atoms with Crippen LogP contribution in [0.25, 0.3) is 0 Å². The van der Waals surface area contributed by atoms with Crippen LogP contribution in [0.1, 0.15) is 41.0 Å². The van der Waals surface area contributed by atoms with Crippen molar-refractivity contribution in [3.8, 4) is 5.75 Å². The molecule has 0 aliphatic heterocycles. The lowest BCUT2D eigenvalue weighted by molar-refractivity contribution is -0.184. The van der Waals surface area contributed by atoms with E-state index in [0.717, 1.165) is 32.2 Å². The third-order valence-corrected chi connectivity index (χ3v) is 4.59. The summed E-state index contributed by atoms with van der Waals surface area (Å²) >= 11 is 3.30. The minimum Gasteiger partial charge on any atom is -0.484 e. The van der Waals surface area contributed by atoms with Gasteiger partial charge in [0, 0.05) is 45.5 Å². The van der Waals surface area contributed by atoms with Gasteiger partial charge in [0.05, 0.1) is 13.2 Å². The Kier molecular flexibility index (Phi) is 16.8. The summed E-state index contributed by atoms with van der Waals surface area (Å²) in [6, 6.07) is 6.84. The van der Waals surface area contributed by atoms with Gasteiger partial charge in [0.1, 0.15) is 11.9 Å². The summed E-state index contributed by atoms with van der Waals surface area (Å²) < 4.78 is 26.9. The minimum absolute atomic E-state index is 0.0461. The number of carboxylic acid groups (broad SMARTS) is 1. The zero-order valence-electron chi connectivity index (χ0n) is 21.7. The highest BCUT2D eigenvalue weighted by atomic mass is 79.9. The molecule has 2 N–H and O–H groups in total. The Hall–Kier alpha value is -3.68. The summed E-state index contributed by atoms with van der Waals surface area (Å²) in [5.74, 6) is -3.61. The summed E-state index contributed by atoms with van der Waals surface area (Å²) in [5, 5.41) is 9.96. The number of carbonyl (C=O) groups is 6. The molecule has 0 radical (unpaired) electrons. The van der Waals surface area contributed by atoms with E-state index in [4.69, 9.17) is 33.6 Å². The van der Waals surface area contributed by atoms with Gasteiger partial charge < -0.3 is 34.1 Å². The molecule has 1 aromatic carbocycles. The fourth-order valence-corrected chi connectivity index (χ4v) is 3.05. The Morgan fingerprint density at radius 2 is 1.32 bits per heavy atom. The van der Waals surface area contributed by atoms with E-state index >= 15 is 0 Å². The summed E-state index contributed by atoms with van der Waals surface area (Å²) in [4.78, 5) is 67.4. The molecule has 0 aliphatic rings. The summed E-state index contributed by atoms with van der Waals surface area (Å²) in [6.45, 7) is 4.95. The van der Waals surface area contributed by atoms with Crippen LogP contribution >= 0.6 is 15.9 Å². The number of hydrogen-bond donors (Lipinski definition) is 2. The molecule has 1 aromatic rings. The lowest BCUT2D eigenvalue weighted by atomic mass is 10.0. The molecule has 0 heterocycles. The summed E-state index contributed by atoms with van der Waals surface area (Å²) in [5.41, 5.74) is 0. The Bertz CT molecular complexity index is 946. The van der Waals surface area contributed by atoms with Gasteiger partial charge in [0.15, 0.2) is 18.8 Å². The zero-order valence-corrected chi connectivity index (χ0v) is 23.3. The average molecular weight is 606 g/mol. The van der Waals surface area contributed by atoms with Gasteiger partial charge in [-0.3, -0.25) is 28.8 Å². The minimum atomic E-state index is -1.28. The van der Waals surface area contributed by atoms with Crippen molar-refractivity contribution in [2.24, 2.45) is 0 Å². The number of carboxylic acids is 1. The van der Waals surface area contributed by atoms with Crippen LogP contribution in [-0.4, -0.2) is 78.9 Å². The van der Waals surface area contributed by atoms with Gasteiger partial charge in [-0.25, -0.2) is 0 Å². The molecule has 0 aliphatic carbocycles. The second kappa shape index (κ2) is 18.5. The number of carbonyl (C=O) groups excluding carboxylic acids is 5. The second-order valence-corrected chi connectivity index (χ2v) is 8.48. The third kappa shape index (κ3) is 17.7. The first kappa shape index (κ1) is 34.3. The number of aliphatic carboxylic acids is 1. The van der Waals surface area contributed by atoms with Crippen molar-refractivity contribution in [2.75, 3.05) is 19.8 Å². The summed E-state index contributed by atoms with van der Waals surface area (Å²) in [7, 11) is 0. The van der Waals surface area contributed by atoms with Crippen LogP contribution in [0.5, 0.6) is 5.75 Å². The highest BCUT2D eigenvalue weighted by Crippen LogP contribution is 2.18. The van der Waals surface area contributed by atoms with E-state index in [9.17, 15) is 24.0 Å². The molecule has 0 bridgehead atoms. The Balaban J connectivity index is 0.00000318. The van der Waals surface area contributed by atoms with E-state index in [0.29, 0.717) is 5.75 Å². The van der Waals surface area contributed by atoms with Crippen molar-refractivity contribution in [1.82, 2.24) is 5.32 Å². The standard InChI is InChI=1S/C22H28BrNO10.C2H4O2/c1-13(25)30-10-9-19(32-14(2)26)22(34-16(4)28)20(33-15(3)27)11-24-21(29)12-31-18-7-5-17(23)6-8-18;1-2(3)4/h5-8,19-20,22H,9-12H2,1-4H3,(H,24,29);1H3,(H,3,4). The van der Waals surface area contributed by atoms with Gasteiger partial charge in [-0.2, -0.15) is 0 Å². The van der Waals surface area contributed by atoms with Crippen molar-refractivity contribution >= 4 is 51.7 Å². The van der Waals surface area contributed by atoms with Crippen LogP contribution in [0.2, 0.25) is 0 Å². The Morgan fingerprint density at radius 1 is 0.816 bits per heavy atom. The highest BCUT2D eigenvalue weighted by molar-refractivity contribution is 9.10. The predicted molar refractivity (Wildman–Crippen MR) is 134 cm³/mol. The van der Waals surface area contributed by atoms with E-state index in [-0.39, 0.29) is 26.2 Å². The van der Waals surface area contributed by atoms with E-state index in [1.54, 1.807) is 24.3 Å². The maximum atomic E-state index is 12.3. The third-order valence-electron chi connectivity index (χ3n) is 4.06. The highest BCUT2D eigenvalue weighted by Gasteiger charge is 2.37. The molecule has 0 spiro atoms. The number of esters is 4. The zero-order chi connectivity index (χ0) is 29.3. The number of amides is 1. The van der Waals surface area contributed by atoms with Crippen LogP contribution in [-0.2, 0) is 47.7 Å². The van der Waals surface area contributed by atoms with Crippen molar-refractivity contribution in [3.63, 3.8) is 0 Å². The summed E-state index contributed by atoms with van der Waals surface area (Å²) in [6.07, 6.45) is -3.66. The molecular formula is C24H32BrNO12. The molecule has 3 unspecified atom stereocenters. The van der Waals surface area contributed by atoms with Crippen molar-refractivity contribution in [1.29, 1.82) is 0 Å². The molecule has 13 nitrogen and oxygen atoms in total. The van der Waals surface area contributed by atoms with Crippen LogP contribution < -0.4 is 10.1 Å².